The summed E-state index contributed by atoms with van der Waals surface area (Å²) in [7, 11) is 0. The summed E-state index contributed by atoms with van der Waals surface area (Å²) in [4.78, 5) is 3.88. The third kappa shape index (κ3) is 10.4. The van der Waals surface area contributed by atoms with Crippen molar-refractivity contribution in [2.75, 3.05) is 0 Å². The maximum Gasteiger partial charge on any atom is 2.00 e. The first-order valence-electron chi connectivity index (χ1n) is 2.26. The molecule has 2 nitrogen and oxygen atoms in total. The van der Waals surface area contributed by atoms with Crippen molar-refractivity contribution in [3.05, 3.63) is 30.1 Å². The summed E-state index contributed by atoms with van der Waals surface area (Å²) in [5.41, 5.74) is 1.21. The smallest absolute Gasteiger partial charge is 1.00 e. The summed E-state index contributed by atoms with van der Waals surface area (Å²) in [5.74, 6) is 0. The summed E-state index contributed by atoms with van der Waals surface area (Å²) < 4.78 is 0. The monoisotopic (exact) mass is 375 g/mol. The molecule has 0 amide bonds. The molecule has 0 bridgehead atoms. The zero-order valence-electron chi connectivity index (χ0n) is 6.04. The van der Waals surface area contributed by atoms with E-state index in [0.717, 1.165) is 0 Å². The zero-order chi connectivity index (χ0) is 5.11. The fourth-order valence-corrected chi connectivity index (χ4v) is 0.448. The minimum atomic E-state index is 0. The molecule has 0 aliphatic rings. The van der Waals surface area contributed by atoms with Crippen molar-refractivity contribution in [1.29, 1.82) is 0 Å². The van der Waals surface area contributed by atoms with Gasteiger partial charge in [0, 0.05) is 12.4 Å². The number of pyridine rings is 1. The molecule has 1 aromatic heterocycles. The maximum absolute atomic E-state index is 3.88. The van der Waals surface area contributed by atoms with Crippen molar-refractivity contribution in [2.45, 2.75) is 6.92 Å². The van der Waals surface area contributed by atoms with Crippen molar-refractivity contribution < 1.29 is 45.9 Å². The average molecular weight is 376 g/mol. The van der Waals surface area contributed by atoms with Gasteiger partial charge in [-0.15, -0.1) is 0 Å². The van der Waals surface area contributed by atoms with Crippen molar-refractivity contribution in [3.8, 4) is 0 Å². The molecule has 1 rings (SSSR count). The standard InChI is InChI=1S/C6H7N.2ClH.H3N.Pt/c1-6-3-2-4-7-5-6;;;;/h2-5H,1H3;2*1H;1H3;/q;;;;+2/p-2. The third-order valence-electron chi connectivity index (χ3n) is 0.809. The van der Waals surface area contributed by atoms with Gasteiger partial charge in [-0.05, 0) is 18.6 Å². The Kier molecular flexibility index (Phi) is 26.6. The quantitative estimate of drug-likeness (QED) is 0.497. The molecule has 0 unspecified atom stereocenters. The van der Waals surface area contributed by atoms with E-state index in [1.807, 2.05) is 25.3 Å². The summed E-state index contributed by atoms with van der Waals surface area (Å²) in [5, 5.41) is 0. The number of hydrogen-bond acceptors (Lipinski definition) is 2. The second-order valence-electron chi connectivity index (χ2n) is 1.53. The van der Waals surface area contributed by atoms with Crippen LogP contribution in [0.15, 0.2) is 24.5 Å². The van der Waals surface area contributed by atoms with Crippen LogP contribution in [0.4, 0.5) is 0 Å². The van der Waals surface area contributed by atoms with Gasteiger partial charge < -0.3 is 31.0 Å². The topological polar surface area (TPSA) is 47.9 Å². The molecule has 0 fully saturated rings. The average Bonchev–Trinajstić information content (AvgIpc) is 1.69. The molecule has 3 N–H and O–H groups in total. The number of aryl methyl sites for hydroxylation is 1. The predicted octanol–water partition coefficient (Wildman–Crippen LogP) is -4.44. The fourth-order valence-electron chi connectivity index (χ4n) is 0.448. The van der Waals surface area contributed by atoms with Crippen LogP contribution >= 0.6 is 0 Å². The van der Waals surface area contributed by atoms with E-state index < -0.39 is 0 Å². The Labute approximate surface area is 93.8 Å². The van der Waals surface area contributed by atoms with Crippen molar-refractivity contribution >= 4 is 0 Å². The molecule has 0 aromatic carbocycles. The third-order valence-corrected chi connectivity index (χ3v) is 0.809. The van der Waals surface area contributed by atoms with Crippen LogP contribution in [0, 0.1) is 6.92 Å². The summed E-state index contributed by atoms with van der Waals surface area (Å²) in [6, 6.07) is 3.95. The summed E-state index contributed by atoms with van der Waals surface area (Å²) in [6.45, 7) is 2.02. The van der Waals surface area contributed by atoms with Crippen LogP contribution in [0.25, 0.3) is 0 Å². The Morgan fingerprint density at radius 2 is 1.82 bits per heavy atom. The minimum absolute atomic E-state index is 0. The first-order chi connectivity index (χ1) is 3.39. The summed E-state index contributed by atoms with van der Waals surface area (Å²) >= 11 is 0. The molecule has 11 heavy (non-hydrogen) atoms. The van der Waals surface area contributed by atoms with Gasteiger partial charge in [0.15, 0.2) is 0 Å². The first-order valence-corrected chi connectivity index (χ1v) is 2.26. The van der Waals surface area contributed by atoms with E-state index >= 15 is 0 Å². The van der Waals surface area contributed by atoms with E-state index in [1.165, 1.54) is 5.56 Å². The van der Waals surface area contributed by atoms with Crippen LogP contribution in [-0.4, -0.2) is 4.98 Å². The molecule has 0 aliphatic carbocycles. The number of hydrogen-bond donors (Lipinski definition) is 1. The molecular weight excluding hydrogens is 366 g/mol. The van der Waals surface area contributed by atoms with Gasteiger partial charge in [-0.3, -0.25) is 4.98 Å². The van der Waals surface area contributed by atoms with E-state index in [9.17, 15) is 0 Å². The molecule has 68 valence electrons. The van der Waals surface area contributed by atoms with E-state index in [1.54, 1.807) is 6.20 Å². The Hall–Kier alpha value is 0.378. The molecule has 5 heteroatoms. The van der Waals surface area contributed by atoms with E-state index in [4.69, 9.17) is 0 Å². The van der Waals surface area contributed by atoms with Crippen LogP contribution in [0.5, 0.6) is 0 Å². The summed E-state index contributed by atoms with van der Waals surface area (Å²) in [6.07, 6.45) is 3.60. The second-order valence-corrected chi connectivity index (χ2v) is 1.53. The van der Waals surface area contributed by atoms with Crippen LogP contribution < -0.4 is 31.0 Å². The van der Waals surface area contributed by atoms with Crippen molar-refractivity contribution in [1.82, 2.24) is 11.1 Å². The molecule has 0 atom stereocenters. The van der Waals surface area contributed by atoms with Gasteiger partial charge in [0.1, 0.15) is 0 Å². The van der Waals surface area contributed by atoms with Gasteiger partial charge in [-0.2, -0.15) is 0 Å². The van der Waals surface area contributed by atoms with Crippen molar-refractivity contribution in [2.24, 2.45) is 0 Å². The van der Waals surface area contributed by atoms with Crippen LogP contribution in [0.1, 0.15) is 5.56 Å². The van der Waals surface area contributed by atoms with Gasteiger partial charge in [-0.25, -0.2) is 0 Å². The molecular formula is C6H10Cl2N2Pt. The molecule has 1 aromatic rings. The van der Waals surface area contributed by atoms with Gasteiger partial charge in [0.05, 0.1) is 0 Å². The number of halogens is 2. The van der Waals surface area contributed by atoms with Crippen LogP contribution in [0.3, 0.4) is 0 Å². The zero-order valence-corrected chi connectivity index (χ0v) is 9.82. The minimum Gasteiger partial charge on any atom is -1.00 e. The van der Waals surface area contributed by atoms with Crippen molar-refractivity contribution in [3.63, 3.8) is 0 Å². The van der Waals surface area contributed by atoms with E-state index in [2.05, 4.69) is 4.98 Å². The van der Waals surface area contributed by atoms with E-state index in [-0.39, 0.29) is 52.0 Å². The molecule has 0 aliphatic heterocycles. The Morgan fingerprint density at radius 1 is 1.27 bits per heavy atom. The number of rotatable bonds is 0. The largest absolute Gasteiger partial charge is 2.00 e. The van der Waals surface area contributed by atoms with Crippen LogP contribution in [0.2, 0.25) is 0 Å². The first kappa shape index (κ1) is 22.5. The van der Waals surface area contributed by atoms with Gasteiger partial charge in [0.2, 0.25) is 0 Å². The number of nitrogens with zero attached hydrogens (tertiary/aromatic N) is 1. The normalized spacial score (nSPS) is 5.55. The number of aromatic nitrogens is 1. The van der Waals surface area contributed by atoms with E-state index in [0.29, 0.717) is 0 Å². The molecule has 0 radical (unpaired) electrons. The Morgan fingerprint density at radius 3 is 2.00 bits per heavy atom. The molecule has 0 saturated heterocycles. The maximum atomic E-state index is 3.88. The van der Waals surface area contributed by atoms with Gasteiger partial charge in [0.25, 0.3) is 0 Å². The molecule has 1 heterocycles. The Bertz CT molecular complexity index is 149. The van der Waals surface area contributed by atoms with Crippen LogP contribution in [-0.2, 0) is 21.1 Å². The van der Waals surface area contributed by atoms with Gasteiger partial charge in [-0.1, -0.05) is 6.07 Å². The predicted molar refractivity (Wildman–Crippen MR) is 34.0 cm³/mol. The van der Waals surface area contributed by atoms with Gasteiger partial charge >= 0.3 is 21.1 Å². The SMILES string of the molecule is Cc1cccnc1.N.[Cl-].[Cl-].[Pt+2]. The second kappa shape index (κ2) is 13.0. The Balaban J connectivity index is -0.0000000612. The molecule has 0 saturated carbocycles. The molecule has 0 spiro atoms. The fraction of sp³-hybridized carbons (Fsp3) is 0.167.